The predicted molar refractivity (Wildman–Crippen MR) is 478 cm³/mol. The van der Waals surface area contributed by atoms with E-state index < -0.39 is 0 Å². The molecule has 0 amide bonds. The van der Waals surface area contributed by atoms with E-state index >= 15 is 0 Å². The van der Waals surface area contributed by atoms with Crippen LogP contribution < -0.4 is 28.4 Å². The van der Waals surface area contributed by atoms with Gasteiger partial charge in [0.1, 0.15) is 74.1 Å². The van der Waals surface area contributed by atoms with Gasteiger partial charge in [-0.05, 0) is 25.0 Å². The van der Waals surface area contributed by atoms with E-state index in [1.54, 1.807) is 18.2 Å². The van der Waals surface area contributed by atoms with Gasteiger partial charge in [-0.1, -0.05) is 75.5 Å². The van der Waals surface area contributed by atoms with Gasteiger partial charge in [0.15, 0.2) is 0 Å². The Balaban J connectivity index is 0.00000129. The molecular weight excluding hydrogens is 1680 g/mol. The Labute approximate surface area is 762 Å². The highest BCUT2D eigenvalue weighted by molar-refractivity contribution is 5.43. The Morgan fingerprint density at radius 1 is 0.156 bits per heavy atom. The van der Waals surface area contributed by atoms with Crippen LogP contribution in [-0.4, -0.2) is 420 Å². The highest BCUT2D eigenvalue weighted by Crippen LogP contribution is 2.29. The number of rotatable bonds is 100. The topological polar surface area (TPSA) is 354 Å². The van der Waals surface area contributed by atoms with Gasteiger partial charge in [-0.2, -0.15) is 0 Å². The van der Waals surface area contributed by atoms with Gasteiger partial charge >= 0.3 is 0 Å². The lowest BCUT2D eigenvalue weighted by Crippen LogP contribution is -2.15. The molecule has 4 rings (SSSR count). The summed E-state index contributed by atoms with van der Waals surface area (Å²) in [5.74, 6) is 3.46. The molecule has 0 radical (unpaired) electrons. The van der Waals surface area contributed by atoms with Crippen molar-refractivity contribution in [1.29, 1.82) is 0 Å². The number of ether oxygens (including phenoxy) is 34. The van der Waals surface area contributed by atoms with Gasteiger partial charge in [-0.15, -0.1) is 0 Å². The van der Waals surface area contributed by atoms with E-state index in [0.717, 1.165) is 11.1 Å². The third-order valence-electron chi connectivity index (χ3n) is 16.0. The third-order valence-corrected chi connectivity index (χ3v) is 16.0. The molecule has 0 aliphatic carbocycles. The summed E-state index contributed by atoms with van der Waals surface area (Å²) in [6.45, 7) is 32.5. The largest absolute Gasteiger partial charge is 0.491 e. The first-order valence-electron chi connectivity index (χ1n) is 44.2. The van der Waals surface area contributed by atoms with E-state index in [9.17, 15) is 0 Å². The zero-order valence-corrected chi connectivity index (χ0v) is 75.3. The minimum atomic E-state index is 0. The minimum absolute atomic E-state index is 0. The van der Waals surface area contributed by atoms with Crippen LogP contribution in [0.2, 0.25) is 0 Å². The van der Waals surface area contributed by atoms with Gasteiger partial charge in [0.2, 0.25) is 0 Å². The first-order valence-corrected chi connectivity index (χ1v) is 44.2. The molecule has 0 bridgehead atoms. The fraction of sp³-hybridized carbons (Fsp3) is 0.739. The van der Waals surface area contributed by atoms with Crippen molar-refractivity contribution in [3.05, 3.63) is 108 Å². The van der Waals surface area contributed by atoms with E-state index in [0.29, 0.717) is 444 Å². The van der Waals surface area contributed by atoms with Gasteiger partial charge < -0.3 is 171 Å². The van der Waals surface area contributed by atoms with Crippen LogP contribution in [0.4, 0.5) is 0 Å². The van der Waals surface area contributed by atoms with Crippen LogP contribution in [-0.2, 0) is 146 Å². The van der Waals surface area contributed by atoms with Crippen LogP contribution in [0.1, 0.15) is 39.8 Å². The maximum Gasteiger partial charge on any atom is 0.126 e. The summed E-state index contributed by atoms with van der Waals surface area (Å²) in [7, 11) is 0. The Morgan fingerprint density at radius 2 is 0.281 bits per heavy atom. The van der Waals surface area contributed by atoms with Gasteiger partial charge in [0, 0.05) is 49.6 Å². The van der Waals surface area contributed by atoms with Crippen LogP contribution in [0.3, 0.4) is 0 Å². The molecule has 0 aromatic heterocycles. The maximum atomic E-state index is 8.67. The molecule has 0 heterocycles. The van der Waals surface area contributed by atoms with Gasteiger partial charge in [-0.25, -0.2) is 0 Å². The fourth-order valence-electron chi connectivity index (χ4n) is 9.89. The maximum absolute atomic E-state index is 8.67. The summed E-state index contributed by atoms with van der Waals surface area (Å²) < 4.78 is 190. The number of hydrogen-bond donors (Lipinski definition) is 2. The monoisotopic (exact) mass is 1840 g/mol. The number of benzene rings is 4. The van der Waals surface area contributed by atoms with Crippen molar-refractivity contribution in [2.24, 2.45) is 0 Å². The minimum Gasteiger partial charge on any atom is -0.491 e. The highest BCUT2D eigenvalue weighted by atomic mass is 16.6. The average Bonchev–Trinajstić information content (AvgIpc) is 0.872. The highest BCUT2D eigenvalue weighted by Gasteiger charge is 2.11. The molecule has 744 valence electrons. The number of aliphatic hydroxyl groups excluding tert-OH is 2. The van der Waals surface area contributed by atoms with E-state index in [2.05, 4.69) is 0 Å². The van der Waals surface area contributed by atoms with Crippen molar-refractivity contribution in [2.45, 2.75) is 41.9 Å². The molecule has 0 saturated carbocycles. The Kier molecular flexibility index (Phi) is 94.6. The smallest absolute Gasteiger partial charge is 0.126 e. The Hall–Kier alpha value is -5.52. The van der Waals surface area contributed by atoms with E-state index in [4.69, 9.17) is 171 Å². The molecule has 36 nitrogen and oxygen atoms in total. The zero-order valence-electron chi connectivity index (χ0n) is 75.3. The second-order valence-electron chi connectivity index (χ2n) is 26.0. The van der Waals surface area contributed by atoms with E-state index in [1.165, 1.54) is 0 Å². The lowest BCUT2D eigenvalue weighted by atomic mass is 10.2. The molecule has 0 aliphatic heterocycles. The molecule has 4 aromatic rings. The third kappa shape index (κ3) is 84.7. The molecule has 0 saturated heterocycles. The quantitative estimate of drug-likeness (QED) is 0.0398. The van der Waals surface area contributed by atoms with Gasteiger partial charge in [0.05, 0.1) is 370 Å². The number of hydrogen-bond acceptors (Lipinski definition) is 36. The molecular formula is C92H160O36. The second-order valence-corrected chi connectivity index (χ2v) is 26.0. The SMILES string of the molecule is C.C.CCOCCOCCOCCOCCOCCOc1cc(OCCOCCOCCOCCOCCO)cc(OCCOCCOCCOCCOCCO)c1.CCOCCOCCOCCOCCOCCOc1cc(OCCOCCOCCOCCOCCOCc2ccccc2)cc(OCCOCCOCCOCCOCCOCc2ccccc2)c1. The number of aliphatic hydroxyl groups is 2. The van der Waals surface area contributed by atoms with E-state index in [1.807, 2.05) is 92.7 Å². The first kappa shape index (κ1) is 120. The van der Waals surface area contributed by atoms with Crippen LogP contribution in [0.5, 0.6) is 34.5 Å². The van der Waals surface area contributed by atoms with Gasteiger partial charge in [0.25, 0.3) is 0 Å². The van der Waals surface area contributed by atoms with Crippen molar-refractivity contribution in [2.75, 3.05) is 410 Å². The second kappa shape index (κ2) is 100. The fourth-order valence-corrected chi connectivity index (χ4v) is 9.89. The van der Waals surface area contributed by atoms with Crippen molar-refractivity contribution in [1.82, 2.24) is 0 Å². The lowest BCUT2D eigenvalue weighted by molar-refractivity contribution is -0.0141. The predicted octanol–water partition coefficient (Wildman–Crippen LogP) is 7.81. The molecule has 0 spiro atoms. The van der Waals surface area contributed by atoms with Crippen LogP contribution in [0.15, 0.2) is 97.1 Å². The summed E-state index contributed by atoms with van der Waals surface area (Å²) in [4.78, 5) is 0. The summed E-state index contributed by atoms with van der Waals surface area (Å²) in [6.07, 6.45) is 0. The van der Waals surface area contributed by atoms with Crippen molar-refractivity contribution >= 4 is 0 Å². The van der Waals surface area contributed by atoms with E-state index in [-0.39, 0.29) is 28.1 Å². The molecule has 4 aromatic carbocycles. The summed E-state index contributed by atoms with van der Waals surface area (Å²) in [5, 5.41) is 17.3. The molecule has 0 fully saturated rings. The lowest BCUT2D eigenvalue weighted by Gasteiger charge is -2.14. The van der Waals surface area contributed by atoms with Crippen LogP contribution in [0.25, 0.3) is 0 Å². The molecule has 2 N–H and O–H groups in total. The average molecular weight is 1840 g/mol. The summed E-state index contributed by atoms with van der Waals surface area (Å²) in [6, 6.07) is 30.9. The van der Waals surface area contributed by atoms with Gasteiger partial charge in [-0.3, -0.25) is 0 Å². The molecule has 0 atom stereocenters. The first-order chi connectivity index (χ1) is 62.6. The van der Waals surface area contributed by atoms with Crippen molar-refractivity contribution in [3.63, 3.8) is 0 Å². The van der Waals surface area contributed by atoms with Crippen LogP contribution >= 0.6 is 0 Å². The van der Waals surface area contributed by atoms with Crippen LogP contribution in [0, 0.1) is 0 Å². The van der Waals surface area contributed by atoms with Crippen molar-refractivity contribution in [3.8, 4) is 34.5 Å². The molecule has 0 aliphatic rings. The normalized spacial score (nSPS) is 11.2. The Bertz CT molecular complexity index is 2660. The van der Waals surface area contributed by atoms with Crippen molar-refractivity contribution < 1.29 is 171 Å². The molecule has 128 heavy (non-hydrogen) atoms. The summed E-state index contributed by atoms with van der Waals surface area (Å²) in [5.41, 5.74) is 2.29. The molecule has 36 heteroatoms. The molecule has 0 unspecified atom stereocenters. The standard InChI is InChI=1S/C52H82O18.C38H70O18.2CH4/c1-2-53-13-14-54-15-16-55-17-20-58-27-30-63-37-40-68-50-43-51(69-41-38-64-31-28-59-21-18-56-23-25-61-33-35-66-46-48-9-5-3-6-10-48)45-52(44-50)70-42-39-65-32-29-60-22-19-57-24-26-62-34-36-67-47-49-11-7-4-8-12-49;1-2-41-7-8-44-13-14-47-19-20-50-23-26-53-29-32-56-38-34-36(54-30-27-51-24-21-48-17-15-45-11-9-42-5-3-39)33-37(35-38)55-31-28-52-25-22-49-18-16-46-12-10-43-6-4-40;;/h3-12,43-45H,2,13-42,46-47H2,1H3;33-35,39-40H,2-32H2,1H3;2*1H4. The zero-order chi connectivity index (χ0) is 89.2. The Morgan fingerprint density at radius 3 is 0.422 bits per heavy atom. The summed E-state index contributed by atoms with van der Waals surface area (Å²) >= 11 is 0.